The minimum Gasteiger partial charge on any atom is -0.497 e. The van der Waals surface area contributed by atoms with Crippen molar-refractivity contribution in [2.24, 2.45) is 0 Å². The van der Waals surface area contributed by atoms with Crippen LogP contribution in [0.4, 0.5) is 0 Å². The number of unbranched alkanes of at least 4 members (excludes halogenated alkanes) is 1. The number of hydrogen-bond donors (Lipinski definition) is 0. The second kappa shape index (κ2) is 7.28. The molecule has 0 unspecified atom stereocenters. The fourth-order valence-electron chi connectivity index (χ4n) is 2.87. The maximum Gasteiger partial charge on any atom is 0.119 e. The summed E-state index contributed by atoms with van der Waals surface area (Å²) in [4.78, 5) is 4.59. The molecule has 0 saturated heterocycles. The van der Waals surface area contributed by atoms with Gasteiger partial charge in [-0.2, -0.15) is 0 Å². The number of rotatable bonds is 6. The second-order valence-corrected chi connectivity index (χ2v) is 5.94. The van der Waals surface area contributed by atoms with Gasteiger partial charge in [-0.15, -0.1) is 0 Å². The summed E-state index contributed by atoms with van der Waals surface area (Å²) in [5.41, 5.74) is 3.82. The molecule has 0 fully saturated rings. The quantitative estimate of drug-likeness (QED) is 0.626. The van der Waals surface area contributed by atoms with E-state index < -0.39 is 0 Å². The van der Waals surface area contributed by atoms with Gasteiger partial charge in [-0.3, -0.25) is 4.98 Å². The van der Waals surface area contributed by atoms with Gasteiger partial charge in [-0.25, -0.2) is 0 Å². The molecule has 0 N–H and O–H groups in total. The molecule has 3 rings (SSSR count). The summed E-state index contributed by atoms with van der Waals surface area (Å²) >= 11 is 0. The first-order valence-corrected chi connectivity index (χ1v) is 8.29. The Morgan fingerprint density at radius 1 is 0.957 bits per heavy atom. The second-order valence-electron chi connectivity index (χ2n) is 5.94. The zero-order valence-electron chi connectivity index (χ0n) is 13.9. The zero-order valence-corrected chi connectivity index (χ0v) is 13.9. The van der Waals surface area contributed by atoms with Crippen molar-refractivity contribution >= 4 is 10.8 Å². The summed E-state index contributed by atoms with van der Waals surface area (Å²) in [7, 11) is 1.70. The molecule has 2 nitrogen and oxygen atoms in total. The van der Waals surface area contributed by atoms with Crippen LogP contribution in [0.25, 0.3) is 10.8 Å². The van der Waals surface area contributed by atoms with Crippen molar-refractivity contribution < 1.29 is 4.74 Å². The van der Waals surface area contributed by atoms with Gasteiger partial charge in [-0.1, -0.05) is 43.7 Å². The van der Waals surface area contributed by atoms with Gasteiger partial charge in [0.15, 0.2) is 0 Å². The molecule has 0 bridgehead atoms. The van der Waals surface area contributed by atoms with Crippen LogP contribution in [0.15, 0.2) is 54.7 Å². The van der Waals surface area contributed by atoms with Crippen LogP contribution in [-0.4, -0.2) is 12.1 Å². The average Bonchev–Trinajstić information content (AvgIpc) is 2.61. The third-order valence-corrected chi connectivity index (χ3v) is 4.27. The molecular formula is C21H23NO. The van der Waals surface area contributed by atoms with Crippen LogP contribution in [0, 0.1) is 0 Å². The number of nitrogens with zero attached hydrogens (tertiary/aromatic N) is 1. The SMILES string of the molecule is CCCCc1ccc(Cc2nccc3ccc(OC)cc23)cc1. The highest BCUT2D eigenvalue weighted by molar-refractivity contribution is 5.86. The first kappa shape index (κ1) is 15.5. The summed E-state index contributed by atoms with van der Waals surface area (Å²) < 4.78 is 5.35. The van der Waals surface area contributed by atoms with E-state index in [-0.39, 0.29) is 0 Å². The van der Waals surface area contributed by atoms with E-state index in [1.54, 1.807) is 7.11 Å². The van der Waals surface area contributed by atoms with Crippen LogP contribution in [0.5, 0.6) is 5.75 Å². The van der Waals surface area contributed by atoms with Crippen LogP contribution < -0.4 is 4.74 Å². The number of ether oxygens (including phenoxy) is 1. The van der Waals surface area contributed by atoms with Crippen molar-refractivity contribution in [1.82, 2.24) is 4.98 Å². The van der Waals surface area contributed by atoms with E-state index >= 15 is 0 Å². The van der Waals surface area contributed by atoms with Crippen molar-refractivity contribution in [2.75, 3.05) is 7.11 Å². The first-order chi connectivity index (χ1) is 11.3. The highest BCUT2D eigenvalue weighted by Gasteiger charge is 2.05. The van der Waals surface area contributed by atoms with Crippen LogP contribution in [0.3, 0.4) is 0 Å². The van der Waals surface area contributed by atoms with Crippen molar-refractivity contribution in [3.63, 3.8) is 0 Å². The molecule has 118 valence electrons. The molecule has 1 aromatic heterocycles. The number of aromatic nitrogens is 1. The minimum atomic E-state index is 0.846. The Morgan fingerprint density at radius 3 is 2.48 bits per heavy atom. The Balaban J connectivity index is 1.86. The molecular weight excluding hydrogens is 282 g/mol. The lowest BCUT2D eigenvalue weighted by Crippen LogP contribution is -1.95. The van der Waals surface area contributed by atoms with E-state index in [1.165, 1.54) is 41.2 Å². The number of pyridine rings is 1. The monoisotopic (exact) mass is 305 g/mol. The molecule has 0 atom stereocenters. The average molecular weight is 305 g/mol. The minimum absolute atomic E-state index is 0.846. The van der Waals surface area contributed by atoms with E-state index in [0.717, 1.165) is 17.9 Å². The summed E-state index contributed by atoms with van der Waals surface area (Å²) in [6.45, 7) is 2.23. The van der Waals surface area contributed by atoms with Crippen LogP contribution in [0.2, 0.25) is 0 Å². The smallest absolute Gasteiger partial charge is 0.119 e. The highest BCUT2D eigenvalue weighted by Crippen LogP contribution is 2.24. The Hall–Kier alpha value is -2.35. The van der Waals surface area contributed by atoms with E-state index in [0.29, 0.717) is 0 Å². The van der Waals surface area contributed by atoms with Gasteiger partial charge >= 0.3 is 0 Å². The molecule has 0 aliphatic carbocycles. The van der Waals surface area contributed by atoms with E-state index in [4.69, 9.17) is 4.74 Å². The molecule has 0 saturated carbocycles. The molecule has 2 aromatic carbocycles. The van der Waals surface area contributed by atoms with Crippen LogP contribution in [-0.2, 0) is 12.8 Å². The Bertz CT molecular complexity index is 777. The molecule has 1 heterocycles. The van der Waals surface area contributed by atoms with Gasteiger partial charge in [0, 0.05) is 18.0 Å². The number of aryl methyl sites for hydroxylation is 1. The third kappa shape index (κ3) is 3.70. The molecule has 0 radical (unpaired) electrons. The summed E-state index contributed by atoms with van der Waals surface area (Å²) in [5.74, 6) is 0.877. The number of benzene rings is 2. The third-order valence-electron chi connectivity index (χ3n) is 4.27. The van der Waals surface area contributed by atoms with Gasteiger partial charge in [-0.05, 0) is 47.6 Å². The maximum atomic E-state index is 5.35. The molecule has 3 aromatic rings. The number of methoxy groups -OCH3 is 1. The first-order valence-electron chi connectivity index (χ1n) is 8.29. The standard InChI is InChI=1S/C21H23NO/c1-3-4-5-16-6-8-17(9-7-16)14-21-20-15-19(23-2)11-10-18(20)12-13-22-21/h6-13,15H,3-5,14H2,1-2H3. The van der Waals surface area contributed by atoms with E-state index in [9.17, 15) is 0 Å². The van der Waals surface area contributed by atoms with E-state index in [1.807, 2.05) is 18.3 Å². The normalized spacial score (nSPS) is 10.9. The molecule has 23 heavy (non-hydrogen) atoms. The Morgan fingerprint density at radius 2 is 1.74 bits per heavy atom. The predicted octanol–water partition coefficient (Wildman–Crippen LogP) is 5.18. The largest absolute Gasteiger partial charge is 0.497 e. The van der Waals surface area contributed by atoms with Gasteiger partial charge in [0.1, 0.15) is 5.75 Å². The van der Waals surface area contributed by atoms with Gasteiger partial charge in [0.05, 0.1) is 12.8 Å². The Kier molecular flexibility index (Phi) is 4.92. The fraction of sp³-hybridized carbons (Fsp3) is 0.286. The van der Waals surface area contributed by atoms with Crippen molar-refractivity contribution in [2.45, 2.75) is 32.6 Å². The van der Waals surface area contributed by atoms with Crippen LogP contribution >= 0.6 is 0 Å². The predicted molar refractivity (Wildman–Crippen MR) is 96.2 cm³/mol. The fourth-order valence-corrected chi connectivity index (χ4v) is 2.87. The lowest BCUT2D eigenvalue weighted by atomic mass is 10.0. The number of fused-ring (bicyclic) bond motifs is 1. The van der Waals surface area contributed by atoms with Gasteiger partial charge < -0.3 is 4.74 Å². The van der Waals surface area contributed by atoms with Gasteiger partial charge in [0.2, 0.25) is 0 Å². The lowest BCUT2D eigenvalue weighted by molar-refractivity contribution is 0.415. The van der Waals surface area contributed by atoms with Gasteiger partial charge in [0.25, 0.3) is 0 Å². The van der Waals surface area contributed by atoms with Crippen LogP contribution in [0.1, 0.15) is 36.6 Å². The Labute approximate surface area is 138 Å². The molecule has 0 spiro atoms. The molecule has 0 aliphatic heterocycles. The van der Waals surface area contributed by atoms with E-state index in [2.05, 4.69) is 48.3 Å². The summed E-state index contributed by atoms with van der Waals surface area (Å²) in [6, 6.07) is 17.2. The summed E-state index contributed by atoms with van der Waals surface area (Å²) in [6.07, 6.45) is 6.40. The highest BCUT2D eigenvalue weighted by atomic mass is 16.5. The van der Waals surface area contributed by atoms with Crippen molar-refractivity contribution in [1.29, 1.82) is 0 Å². The zero-order chi connectivity index (χ0) is 16.1. The molecule has 2 heteroatoms. The lowest BCUT2D eigenvalue weighted by Gasteiger charge is -2.08. The topological polar surface area (TPSA) is 22.1 Å². The molecule has 0 amide bonds. The van der Waals surface area contributed by atoms with Crippen molar-refractivity contribution in [3.8, 4) is 5.75 Å². The number of hydrogen-bond acceptors (Lipinski definition) is 2. The molecule has 0 aliphatic rings. The maximum absolute atomic E-state index is 5.35. The van der Waals surface area contributed by atoms with Crippen molar-refractivity contribution in [3.05, 3.63) is 71.5 Å². The summed E-state index contributed by atoms with van der Waals surface area (Å²) in [5, 5.41) is 2.37.